The Bertz CT molecular complexity index is 756. The zero-order valence-electron chi connectivity index (χ0n) is 14.2. The summed E-state index contributed by atoms with van der Waals surface area (Å²) >= 11 is 0. The van der Waals surface area contributed by atoms with Crippen LogP contribution >= 0.6 is 0 Å². The molecule has 0 saturated heterocycles. The van der Waals surface area contributed by atoms with Crippen LogP contribution in [-0.2, 0) is 26.2 Å². The Kier molecular flexibility index (Phi) is 5.72. The van der Waals surface area contributed by atoms with Crippen LogP contribution in [0.1, 0.15) is 60.3 Å². The van der Waals surface area contributed by atoms with Gasteiger partial charge in [-0.3, -0.25) is 0 Å². The molecule has 0 radical (unpaired) electrons. The van der Waals surface area contributed by atoms with Crippen LogP contribution in [0.3, 0.4) is 0 Å². The van der Waals surface area contributed by atoms with Crippen LogP contribution in [0.15, 0.2) is 60.7 Å². The van der Waals surface area contributed by atoms with Crippen molar-refractivity contribution in [2.75, 3.05) is 0 Å². The van der Waals surface area contributed by atoms with E-state index in [-0.39, 0.29) is 26.2 Å². The summed E-state index contributed by atoms with van der Waals surface area (Å²) < 4.78 is 0. The average Bonchev–Trinajstić information content (AvgIpc) is 3.18. The van der Waals surface area contributed by atoms with E-state index in [1.54, 1.807) is 5.92 Å². The van der Waals surface area contributed by atoms with E-state index in [2.05, 4.69) is 79.8 Å². The summed E-state index contributed by atoms with van der Waals surface area (Å²) in [6, 6.07) is 17.6. The second kappa shape index (κ2) is 7.79. The quantitative estimate of drug-likeness (QED) is 0.520. The van der Waals surface area contributed by atoms with Gasteiger partial charge in [-0.05, 0) is 28.2 Å². The van der Waals surface area contributed by atoms with Crippen molar-refractivity contribution in [3.63, 3.8) is 0 Å². The van der Waals surface area contributed by atoms with Crippen molar-refractivity contribution in [1.29, 1.82) is 0 Å². The fourth-order valence-corrected chi connectivity index (χ4v) is 3.96. The second-order valence-corrected chi connectivity index (χ2v) is 6.89. The molecule has 2 aromatic rings. The summed E-state index contributed by atoms with van der Waals surface area (Å²) in [5, 5.41) is 0. The largest absolute Gasteiger partial charge is 0.316 e. The van der Waals surface area contributed by atoms with Crippen LogP contribution in [0, 0.1) is 5.92 Å². The Morgan fingerprint density at radius 3 is 2.00 bits per heavy atom. The molecule has 0 spiro atoms. The molecule has 0 fully saturated rings. The molecule has 0 aromatic heterocycles. The minimum Gasteiger partial charge on any atom is -0.316 e. The molecule has 2 aliphatic rings. The maximum Gasteiger partial charge on any atom is 0.000306 e. The standard InChI is InChI=1S/C23H23.Zr/c1-17(16-21-15-14-19-7-3-5-9-23(19)21)10-11-20-13-12-18-6-2-4-8-22(18)20;/h2-9,12-15,20-21H,10-11,16H2,1H3;/q-1;. The van der Waals surface area contributed by atoms with Crippen LogP contribution < -0.4 is 0 Å². The van der Waals surface area contributed by atoms with Crippen molar-refractivity contribution < 1.29 is 26.2 Å². The second-order valence-electron chi connectivity index (χ2n) is 6.89. The van der Waals surface area contributed by atoms with Gasteiger partial charge in [-0.15, -0.1) is 0 Å². The third kappa shape index (κ3) is 3.57. The number of allylic oxidation sites excluding steroid dienone is 2. The Labute approximate surface area is 164 Å². The fraction of sp³-hybridized carbons (Fsp3) is 0.261. The Hall–Kier alpha value is -1.20. The number of hydrogen-bond donors (Lipinski definition) is 0. The molecule has 0 N–H and O–H groups in total. The van der Waals surface area contributed by atoms with E-state index < -0.39 is 0 Å². The normalized spacial score (nSPS) is 20.1. The molecule has 0 heterocycles. The molecule has 0 saturated carbocycles. The first-order valence-corrected chi connectivity index (χ1v) is 8.67. The summed E-state index contributed by atoms with van der Waals surface area (Å²) in [6.45, 7) is 2.33. The summed E-state index contributed by atoms with van der Waals surface area (Å²) in [6.07, 6.45) is 13.0. The molecular weight excluding hydrogens is 367 g/mol. The number of benzene rings is 2. The van der Waals surface area contributed by atoms with Crippen molar-refractivity contribution >= 4 is 12.2 Å². The van der Waals surface area contributed by atoms with Crippen molar-refractivity contribution in [3.8, 4) is 0 Å². The molecule has 0 bridgehead atoms. The Morgan fingerprint density at radius 1 is 0.792 bits per heavy atom. The predicted octanol–water partition coefficient (Wildman–Crippen LogP) is 6.37. The van der Waals surface area contributed by atoms with Crippen molar-refractivity contribution in [1.82, 2.24) is 0 Å². The molecule has 2 unspecified atom stereocenters. The molecule has 0 amide bonds. The molecule has 0 nitrogen and oxygen atoms in total. The first kappa shape index (κ1) is 17.6. The van der Waals surface area contributed by atoms with E-state index in [4.69, 9.17) is 0 Å². The SMILES string of the molecule is C[C-](CCC1C=Cc2ccccc21)CC1C=Cc2ccccc21.[Zr]. The van der Waals surface area contributed by atoms with Gasteiger partial charge < -0.3 is 5.92 Å². The minimum atomic E-state index is 0. The van der Waals surface area contributed by atoms with Crippen molar-refractivity contribution in [3.05, 3.63) is 88.9 Å². The molecular formula is C23H23Zr-. The van der Waals surface area contributed by atoms with Gasteiger partial charge in [0.1, 0.15) is 0 Å². The Morgan fingerprint density at radius 2 is 1.33 bits per heavy atom. The third-order valence-electron chi connectivity index (χ3n) is 5.26. The minimum absolute atomic E-state index is 0. The molecule has 2 aliphatic carbocycles. The van der Waals surface area contributed by atoms with E-state index in [1.807, 2.05) is 0 Å². The van der Waals surface area contributed by atoms with Crippen molar-refractivity contribution in [2.24, 2.45) is 0 Å². The smallest absolute Gasteiger partial charge is 0.000306 e. The summed E-state index contributed by atoms with van der Waals surface area (Å²) in [5.41, 5.74) is 5.81. The van der Waals surface area contributed by atoms with E-state index in [9.17, 15) is 0 Å². The predicted molar refractivity (Wildman–Crippen MR) is 99.2 cm³/mol. The van der Waals surface area contributed by atoms with Crippen LogP contribution in [0.4, 0.5) is 0 Å². The molecule has 24 heavy (non-hydrogen) atoms. The van der Waals surface area contributed by atoms with Gasteiger partial charge in [0.25, 0.3) is 0 Å². The molecule has 2 aromatic carbocycles. The zero-order valence-corrected chi connectivity index (χ0v) is 16.7. The molecule has 120 valence electrons. The van der Waals surface area contributed by atoms with Gasteiger partial charge in [0, 0.05) is 32.1 Å². The van der Waals surface area contributed by atoms with Crippen LogP contribution in [-0.4, -0.2) is 0 Å². The molecule has 4 rings (SSSR count). The maximum atomic E-state index is 2.38. The van der Waals surface area contributed by atoms with Crippen LogP contribution in [0.2, 0.25) is 0 Å². The molecule has 2 atom stereocenters. The first-order chi connectivity index (χ1) is 11.3. The van der Waals surface area contributed by atoms with E-state index >= 15 is 0 Å². The van der Waals surface area contributed by atoms with E-state index in [1.165, 1.54) is 41.5 Å². The monoisotopic (exact) mass is 389 g/mol. The van der Waals surface area contributed by atoms with Gasteiger partial charge >= 0.3 is 0 Å². The number of hydrogen-bond acceptors (Lipinski definition) is 0. The van der Waals surface area contributed by atoms with Gasteiger partial charge in [0.15, 0.2) is 0 Å². The van der Waals surface area contributed by atoms with E-state index in [0.29, 0.717) is 11.8 Å². The van der Waals surface area contributed by atoms with Gasteiger partial charge in [-0.2, -0.15) is 19.8 Å². The average molecular weight is 391 g/mol. The third-order valence-corrected chi connectivity index (χ3v) is 5.26. The summed E-state index contributed by atoms with van der Waals surface area (Å²) in [7, 11) is 0. The zero-order chi connectivity index (χ0) is 15.6. The number of fused-ring (bicyclic) bond motifs is 2. The van der Waals surface area contributed by atoms with Gasteiger partial charge in [-0.25, -0.2) is 0 Å². The summed E-state index contributed by atoms with van der Waals surface area (Å²) in [5.74, 6) is 2.80. The topological polar surface area (TPSA) is 0 Å². The van der Waals surface area contributed by atoms with Crippen molar-refractivity contribution in [2.45, 2.75) is 38.0 Å². The first-order valence-electron chi connectivity index (χ1n) is 8.67. The molecule has 0 aliphatic heterocycles. The maximum absolute atomic E-state index is 2.38. The Balaban J connectivity index is 0.00000169. The number of rotatable bonds is 5. The van der Waals surface area contributed by atoms with Gasteiger partial charge in [0.05, 0.1) is 0 Å². The van der Waals surface area contributed by atoms with E-state index in [0.717, 1.165) is 0 Å². The fourth-order valence-electron chi connectivity index (χ4n) is 3.96. The van der Waals surface area contributed by atoms with Gasteiger partial charge in [0.2, 0.25) is 0 Å². The van der Waals surface area contributed by atoms with Crippen LogP contribution in [0.25, 0.3) is 12.2 Å². The van der Waals surface area contributed by atoms with Gasteiger partial charge in [-0.1, -0.05) is 79.3 Å². The van der Waals surface area contributed by atoms with Crippen LogP contribution in [0.5, 0.6) is 0 Å². The molecule has 1 heteroatoms. The summed E-state index contributed by atoms with van der Waals surface area (Å²) in [4.78, 5) is 0.